The summed E-state index contributed by atoms with van der Waals surface area (Å²) in [6.07, 6.45) is 3.32. The monoisotopic (exact) mass is 391 g/mol. The number of hydrogen-bond donors (Lipinski definition) is 0. The van der Waals surface area contributed by atoms with Gasteiger partial charge in [-0.05, 0) is 57.4 Å². The smallest absolute Gasteiger partial charge is 0.340 e. The summed E-state index contributed by atoms with van der Waals surface area (Å²) in [5.41, 5.74) is 0.449. The van der Waals surface area contributed by atoms with Gasteiger partial charge in [0.25, 0.3) is 6.43 Å². The fourth-order valence-corrected chi connectivity index (χ4v) is 5.26. The number of carbonyl (C=O) groups excluding carboxylic acids is 1. The number of fused-ring (bicyclic) bond motifs is 1. The zero-order chi connectivity index (χ0) is 19.9. The Morgan fingerprint density at radius 3 is 2.57 bits per heavy atom. The van der Waals surface area contributed by atoms with Crippen molar-refractivity contribution in [2.24, 2.45) is 5.92 Å². The van der Waals surface area contributed by atoms with Crippen molar-refractivity contribution in [3.63, 3.8) is 0 Å². The Bertz CT molecular complexity index is 860. The van der Waals surface area contributed by atoms with Crippen molar-refractivity contribution in [3.05, 3.63) is 35.5 Å². The summed E-state index contributed by atoms with van der Waals surface area (Å²) in [7, 11) is 1.23. The molecule has 0 radical (unpaired) electrons. The van der Waals surface area contributed by atoms with Crippen LogP contribution < -0.4 is 0 Å². The normalized spacial score (nSPS) is 26.2. The molecule has 2 fully saturated rings. The number of para-hydroxylation sites is 1. The van der Waals surface area contributed by atoms with Crippen molar-refractivity contribution in [2.45, 2.75) is 63.5 Å². The van der Waals surface area contributed by atoms with Crippen LogP contribution in [-0.4, -0.2) is 29.9 Å². The van der Waals surface area contributed by atoms with Gasteiger partial charge in [-0.15, -0.1) is 0 Å². The molecule has 1 aromatic heterocycles. The van der Waals surface area contributed by atoms with Gasteiger partial charge in [0.05, 0.1) is 18.3 Å². The molecule has 4 rings (SSSR count). The van der Waals surface area contributed by atoms with Gasteiger partial charge in [-0.25, -0.2) is 13.6 Å². The van der Waals surface area contributed by atoms with Crippen molar-refractivity contribution in [3.8, 4) is 0 Å². The lowest BCUT2D eigenvalue weighted by molar-refractivity contribution is -0.0392. The first-order valence-corrected chi connectivity index (χ1v) is 10.1. The highest BCUT2D eigenvalue weighted by Gasteiger charge is 2.41. The van der Waals surface area contributed by atoms with E-state index in [4.69, 9.17) is 9.47 Å². The number of rotatable bonds is 4. The third-order valence-corrected chi connectivity index (χ3v) is 6.76. The van der Waals surface area contributed by atoms with Crippen LogP contribution in [-0.2, 0) is 9.47 Å². The molecule has 1 aliphatic carbocycles. The second-order valence-corrected chi connectivity index (χ2v) is 8.15. The summed E-state index contributed by atoms with van der Waals surface area (Å²) in [5.74, 6) is -0.437. The van der Waals surface area contributed by atoms with E-state index in [9.17, 15) is 13.6 Å². The van der Waals surface area contributed by atoms with E-state index in [-0.39, 0.29) is 28.8 Å². The van der Waals surface area contributed by atoms with Gasteiger partial charge in [-0.2, -0.15) is 0 Å². The maximum Gasteiger partial charge on any atom is 0.340 e. The van der Waals surface area contributed by atoms with Crippen LogP contribution >= 0.6 is 0 Å². The highest BCUT2D eigenvalue weighted by Crippen LogP contribution is 2.46. The summed E-state index contributed by atoms with van der Waals surface area (Å²) in [5, 5.41) is 0.530. The molecule has 0 amide bonds. The van der Waals surface area contributed by atoms with Crippen molar-refractivity contribution < 1.29 is 23.0 Å². The SMILES string of the molecule is COC(=O)c1c(C(F)F)n(C(C)C2CCC3(CCCO3)CC2)c2ccccc12. The largest absolute Gasteiger partial charge is 0.465 e. The van der Waals surface area contributed by atoms with Crippen LogP contribution in [0.15, 0.2) is 24.3 Å². The fraction of sp³-hybridized carbons (Fsp3) is 0.591. The standard InChI is InChI=1S/C22H27F2NO3/c1-14(15-8-11-22(12-9-15)10-5-13-28-22)25-17-7-4-3-6-16(17)18(21(26)27-2)19(25)20(23)24/h3-4,6-7,14-15,20H,5,8-13H2,1-2H3. The minimum Gasteiger partial charge on any atom is -0.465 e. The van der Waals surface area contributed by atoms with Gasteiger partial charge in [-0.3, -0.25) is 0 Å². The molecular weight excluding hydrogens is 364 g/mol. The zero-order valence-electron chi connectivity index (χ0n) is 16.4. The number of ether oxygens (including phenoxy) is 2. The second kappa shape index (κ2) is 7.47. The molecule has 1 atom stereocenters. The van der Waals surface area contributed by atoms with Crippen LogP contribution in [0.5, 0.6) is 0 Å². The number of carbonyl (C=O) groups is 1. The van der Waals surface area contributed by atoms with Crippen molar-refractivity contribution in [2.75, 3.05) is 13.7 Å². The van der Waals surface area contributed by atoms with E-state index in [0.29, 0.717) is 10.9 Å². The van der Waals surface area contributed by atoms with E-state index < -0.39 is 12.4 Å². The first kappa shape index (κ1) is 19.4. The lowest BCUT2D eigenvalue weighted by atomic mass is 9.75. The van der Waals surface area contributed by atoms with Gasteiger partial charge in [0.1, 0.15) is 5.69 Å². The quantitative estimate of drug-likeness (QED) is 0.631. The Morgan fingerprint density at radius 1 is 1.25 bits per heavy atom. The number of halogens is 2. The van der Waals surface area contributed by atoms with Crippen LogP contribution in [0.25, 0.3) is 10.9 Å². The Balaban J connectivity index is 1.73. The van der Waals surface area contributed by atoms with Crippen LogP contribution in [0.4, 0.5) is 8.78 Å². The lowest BCUT2D eigenvalue weighted by Crippen LogP contribution is -2.35. The molecule has 1 saturated heterocycles. The summed E-state index contributed by atoms with van der Waals surface area (Å²) in [4.78, 5) is 12.3. The number of methoxy groups -OCH3 is 1. The number of alkyl halides is 2. The van der Waals surface area contributed by atoms with Gasteiger partial charge < -0.3 is 14.0 Å². The molecule has 152 valence electrons. The highest BCUT2D eigenvalue weighted by atomic mass is 19.3. The van der Waals surface area contributed by atoms with Crippen molar-refractivity contribution in [1.29, 1.82) is 0 Å². The van der Waals surface area contributed by atoms with E-state index in [1.165, 1.54) is 7.11 Å². The van der Waals surface area contributed by atoms with E-state index in [1.54, 1.807) is 16.7 Å². The van der Waals surface area contributed by atoms with E-state index in [0.717, 1.165) is 45.1 Å². The molecule has 1 aromatic carbocycles. The Kier molecular flexibility index (Phi) is 5.17. The van der Waals surface area contributed by atoms with Gasteiger partial charge in [0.15, 0.2) is 0 Å². The second-order valence-electron chi connectivity index (χ2n) is 8.15. The Labute approximate surface area is 163 Å². The van der Waals surface area contributed by atoms with E-state index >= 15 is 0 Å². The predicted octanol–water partition coefficient (Wildman–Crippen LogP) is 5.67. The topological polar surface area (TPSA) is 40.5 Å². The van der Waals surface area contributed by atoms with Crippen LogP contribution in [0.3, 0.4) is 0 Å². The zero-order valence-corrected chi connectivity index (χ0v) is 16.4. The molecule has 0 N–H and O–H groups in total. The molecule has 4 nitrogen and oxygen atoms in total. The van der Waals surface area contributed by atoms with Crippen LogP contribution in [0, 0.1) is 5.92 Å². The minimum atomic E-state index is -2.75. The highest BCUT2D eigenvalue weighted by molar-refractivity contribution is 6.06. The molecule has 6 heteroatoms. The Morgan fingerprint density at radius 2 is 1.96 bits per heavy atom. The third kappa shape index (κ3) is 3.11. The summed E-state index contributed by atoms with van der Waals surface area (Å²) >= 11 is 0. The van der Waals surface area contributed by atoms with Gasteiger partial charge >= 0.3 is 5.97 Å². The fourth-order valence-electron chi connectivity index (χ4n) is 5.26. The maximum absolute atomic E-state index is 14.1. The molecular formula is C22H27F2NO3. The molecule has 2 aliphatic rings. The number of hydrogen-bond acceptors (Lipinski definition) is 3. The minimum absolute atomic E-state index is 0.00800. The average molecular weight is 391 g/mol. The molecule has 2 heterocycles. The van der Waals surface area contributed by atoms with E-state index in [2.05, 4.69) is 0 Å². The molecule has 28 heavy (non-hydrogen) atoms. The van der Waals surface area contributed by atoms with Crippen LogP contribution in [0.2, 0.25) is 0 Å². The number of nitrogens with zero attached hydrogens (tertiary/aromatic N) is 1. The molecule has 0 bridgehead atoms. The molecule has 1 unspecified atom stereocenters. The van der Waals surface area contributed by atoms with Crippen LogP contribution in [0.1, 0.15) is 74.0 Å². The third-order valence-electron chi connectivity index (χ3n) is 6.76. The molecule has 2 aromatic rings. The van der Waals surface area contributed by atoms with Gasteiger partial charge in [0.2, 0.25) is 0 Å². The molecule has 1 spiro atoms. The number of benzene rings is 1. The van der Waals surface area contributed by atoms with Crippen molar-refractivity contribution in [1.82, 2.24) is 4.57 Å². The van der Waals surface area contributed by atoms with E-state index in [1.807, 2.05) is 19.1 Å². The number of esters is 1. The molecule has 1 saturated carbocycles. The Hall–Kier alpha value is -1.95. The van der Waals surface area contributed by atoms with Gasteiger partial charge in [-0.1, -0.05) is 18.2 Å². The summed E-state index contributed by atoms with van der Waals surface area (Å²) < 4.78 is 40.8. The first-order valence-electron chi connectivity index (χ1n) is 10.1. The lowest BCUT2D eigenvalue weighted by Gasteiger charge is -2.39. The first-order chi connectivity index (χ1) is 13.5. The summed E-state index contributed by atoms with van der Waals surface area (Å²) in [6, 6.07) is 6.99. The average Bonchev–Trinajstić information content (AvgIpc) is 3.30. The number of aromatic nitrogens is 1. The summed E-state index contributed by atoms with van der Waals surface area (Å²) in [6.45, 7) is 2.83. The predicted molar refractivity (Wildman–Crippen MR) is 103 cm³/mol. The maximum atomic E-state index is 14.1. The molecule has 1 aliphatic heterocycles. The van der Waals surface area contributed by atoms with Crippen molar-refractivity contribution >= 4 is 16.9 Å². The van der Waals surface area contributed by atoms with Gasteiger partial charge in [0, 0.05) is 23.6 Å².